The van der Waals surface area contributed by atoms with Crippen molar-refractivity contribution in [2.75, 3.05) is 12.4 Å². The SMILES string of the molecule is O=S(=O)([O-])CCC1CO1. The van der Waals surface area contributed by atoms with Crippen molar-refractivity contribution in [3.63, 3.8) is 0 Å². The third-order valence-electron chi connectivity index (χ3n) is 1.09. The average Bonchev–Trinajstić information content (AvgIpc) is 2.38. The quantitative estimate of drug-likeness (QED) is 0.396. The minimum Gasteiger partial charge on any atom is -0.748 e. The van der Waals surface area contributed by atoms with E-state index in [1.54, 1.807) is 0 Å². The summed E-state index contributed by atoms with van der Waals surface area (Å²) in [6, 6.07) is 0. The summed E-state index contributed by atoms with van der Waals surface area (Å²) in [6.45, 7) is 0.607. The molecule has 1 aliphatic heterocycles. The fourth-order valence-electron chi connectivity index (χ4n) is 0.510. The Morgan fingerprint density at radius 2 is 2.22 bits per heavy atom. The topological polar surface area (TPSA) is 69.7 Å². The van der Waals surface area contributed by atoms with Crippen LogP contribution in [0.5, 0.6) is 0 Å². The summed E-state index contributed by atoms with van der Waals surface area (Å²) < 4.78 is 34.6. The van der Waals surface area contributed by atoms with E-state index in [0.717, 1.165) is 0 Å². The van der Waals surface area contributed by atoms with Crippen molar-refractivity contribution >= 4 is 10.1 Å². The van der Waals surface area contributed by atoms with Gasteiger partial charge in [-0.2, -0.15) is 0 Å². The zero-order chi connectivity index (χ0) is 6.91. The maximum Gasteiger partial charge on any atom is 0.0946 e. The van der Waals surface area contributed by atoms with E-state index in [4.69, 9.17) is 4.74 Å². The number of epoxide rings is 1. The molecule has 0 N–H and O–H groups in total. The molecular formula is C4H7O4S-. The fraction of sp³-hybridized carbons (Fsp3) is 1.00. The lowest BCUT2D eigenvalue weighted by Gasteiger charge is -2.02. The fourth-order valence-corrected chi connectivity index (χ4v) is 1.06. The molecule has 1 rings (SSSR count). The Hall–Kier alpha value is -0.130. The highest BCUT2D eigenvalue weighted by atomic mass is 32.2. The van der Waals surface area contributed by atoms with Gasteiger partial charge < -0.3 is 9.29 Å². The first-order valence-corrected chi connectivity index (χ1v) is 4.21. The molecule has 54 valence electrons. The van der Waals surface area contributed by atoms with Gasteiger partial charge in [-0.25, -0.2) is 8.42 Å². The number of ether oxygens (including phenoxy) is 1. The van der Waals surface area contributed by atoms with E-state index in [9.17, 15) is 13.0 Å². The average molecular weight is 151 g/mol. The van der Waals surface area contributed by atoms with E-state index in [-0.39, 0.29) is 11.9 Å². The Morgan fingerprint density at radius 3 is 2.56 bits per heavy atom. The van der Waals surface area contributed by atoms with Crippen LogP contribution in [-0.2, 0) is 14.9 Å². The third-order valence-corrected chi connectivity index (χ3v) is 1.83. The van der Waals surface area contributed by atoms with Gasteiger partial charge in [-0.1, -0.05) is 0 Å². The second-order valence-electron chi connectivity index (χ2n) is 2.01. The van der Waals surface area contributed by atoms with E-state index >= 15 is 0 Å². The van der Waals surface area contributed by atoms with Gasteiger partial charge in [-0.15, -0.1) is 0 Å². The summed E-state index contributed by atoms with van der Waals surface area (Å²) in [6.07, 6.45) is 0.389. The largest absolute Gasteiger partial charge is 0.748 e. The first-order valence-electron chi connectivity index (χ1n) is 2.63. The minimum absolute atomic E-state index is 0.0359. The summed E-state index contributed by atoms with van der Waals surface area (Å²) in [5.41, 5.74) is 0. The summed E-state index contributed by atoms with van der Waals surface area (Å²) in [4.78, 5) is 0. The lowest BCUT2D eigenvalue weighted by Crippen LogP contribution is -2.06. The smallest absolute Gasteiger partial charge is 0.0946 e. The highest BCUT2D eigenvalue weighted by molar-refractivity contribution is 7.85. The molecule has 1 unspecified atom stereocenters. The lowest BCUT2D eigenvalue weighted by molar-refractivity contribution is 0.398. The molecule has 0 radical (unpaired) electrons. The molecule has 0 aromatic heterocycles. The molecule has 1 atom stereocenters. The minimum atomic E-state index is -4.01. The number of hydrogen-bond acceptors (Lipinski definition) is 4. The van der Waals surface area contributed by atoms with Crippen LogP contribution in [0.4, 0.5) is 0 Å². The van der Waals surface area contributed by atoms with Gasteiger partial charge in [0.2, 0.25) is 0 Å². The summed E-state index contributed by atoms with van der Waals surface area (Å²) in [5.74, 6) is -0.294. The Kier molecular flexibility index (Phi) is 1.74. The van der Waals surface area contributed by atoms with Crippen LogP contribution in [0.25, 0.3) is 0 Å². The van der Waals surface area contributed by atoms with Crippen LogP contribution in [0, 0.1) is 0 Å². The monoisotopic (exact) mass is 151 g/mol. The van der Waals surface area contributed by atoms with Gasteiger partial charge in [0.25, 0.3) is 0 Å². The van der Waals surface area contributed by atoms with Crippen molar-refractivity contribution in [3.8, 4) is 0 Å². The molecule has 1 aliphatic rings. The molecule has 0 aliphatic carbocycles. The molecule has 0 aromatic rings. The second kappa shape index (κ2) is 2.24. The van der Waals surface area contributed by atoms with E-state index in [2.05, 4.69) is 0 Å². The van der Waals surface area contributed by atoms with Crippen LogP contribution >= 0.6 is 0 Å². The molecule has 0 aromatic carbocycles. The van der Waals surface area contributed by atoms with Gasteiger partial charge in [-0.3, -0.25) is 0 Å². The van der Waals surface area contributed by atoms with E-state index in [1.165, 1.54) is 0 Å². The van der Waals surface area contributed by atoms with Crippen molar-refractivity contribution in [1.29, 1.82) is 0 Å². The molecule has 0 amide bonds. The normalized spacial score (nSPS) is 26.1. The van der Waals surface area contributed by atoms with E-state index in [0.29, 0.717) is 13.0 Å². The predicted octanol–water partition coefficient (Wildman–Crippen LogP) is -0.679. The molecule has 4 nitrogen and oxygen atoms in total. The maximum atomic E-state index is 9.95. The van der Waals surface area contributed by atoms with Crippen molar-refractivity contribution in [2.24, 2.45) is 0 Å². The summed E-state index contributed by atoms with van der Waals surface area (Å²) in [5, 5.41) is 0. The van der Waals surface area contributed by atoms with E-state index < -0.39 is 10.1 Å². The van der Waals surface area contributed by atoms with Crippen LogP contribution < -0.4 is 0 Å². The Bertz CT molecular complexity index is 179. The third kappa shape index (κ3) is 3.45. The lowest BCUT2D eigenvalue weighted by atomic mass is 10.4. The standard InChI is InChI=1S/C4H8O4S/c5-9(6,7)2-1-4-3-8-4/h4H,1-3H2,(H,5,6,7)/p-1. The van der Waals surface area contributed by atoms with Crippen LogP contribution in [0.1, 0.15) is 6.42 Å². The Labute approximate surface area is 53.6 Å². The number of rotatable bonds is 3. The zero-order valence-electron chi connectivity index (χ0n) is 4.74. The predicted molar refractivity (Wildman–Crippen MR) is 28.9 cm³/mol. The molecule has 9 heavy (non-hydrogen) atoms. The molecule has 1 heterocycles. The van der Waals surface area contributed by atoms with Gasteiger partial charge >= 0.3 is 0 Å². The van der Waals surface area contributed by atoms with Gasteiger partial charge in [-0.05, 0) is 6.42 Å². The first-order chi connectivity index (χ1) is 4.08. The molecule has 0 saturated carbocycles. The van der Waals surface area contributed by atoms with Crippen molar-refractivity contribution < 1.29 is 17.7 Å². The summed E-state index contributed by atoms with van der Waals surface area (Å²) >= 11 is 0. The van der Waals surface area contributed by atoms with Crippen LogP contribution in [0.15, 0.2) is 0 Å². The van der Waals surface area contributed by atoms with Gasteiger partial charge in [0, 0.05) is 5.75 Å². The highest BCUT2D eigenvalue weighted by Gasteiger charge is 2.22. The van der Waals surface area contributed by atoms with Gasteiger partial charge in [0.1, 0.15) is 0 Å². The second-order valence-corrected chi connectivity index (χ2v) is 3.53. The molecule has 5 heteroatoms. The molecule has 0 spiro atoms. The maximum absolute atomic E-state index is 9.95. The molecule has 0 bridgehead atoms. The van der Waals surface area contributed by atoms with E-state index in [1.807, 2.05) is 0 Å². The molecular weight excluding hydrogens is 144 g/mol. The van der Waals surface area contributed by atoms with Crippen LogP contribution in [-0.4, -0.2) is 31.4 Å². The van der Waals surface area contributed by atoms with Crippen molar-refractivity contribution in [3.05, 3.63) is 0 Å². The van der Waals surface area contributed by atoms with Crippen LogP contribution in [0.2, 0.25) is 0 Å². The summed E-state index contributed by atoms with van der Waals surface area (Å²) in [7, 11) is -4.01. The van der Waals surface area contributed by atoms with Crippen molar-refractivity contribution in [1.82, 2.24) is 0 Å². The zero-order valence-corrected chi connectivity index (χ0v) is 5.56. The van der Waals surface area contributed by atoms with Gasteiger partial charge in [0.05, 0.1) is 22.8 Å². The highest BCUT2D eigenvalue weighted by Crippen LogP contribution is 2.13. The molecule has 1 fully saturated rings. The van der Waals surface area contributed by atoms with Crippen molar-refractivity contribution in [2.45, 2.75) is 12.5 Å². The number of hydrogen-bond donors (Lipinski definition) is 0. The Morgan fingerprint density at radius 1 is 1.67 bits per heavy atom. The first kappa shape index (κ1) is 6.98. The Balaban J connectivity index is 2.18. The van der Waals surface area contributed by atoms with Crippen LogP contribution in [0.3, 0.4) is 0 Å². The molecule has 1 saturated heterocycles. The van der Waals surface area contributed by atoms with Gasteiger partial charge in [0.15, 0.2) is 0 Å².